The Labute approximate surface area is 100 Å². The van der Waals surface area contributed by atoms with Gasteiger partial charge >= 0.3 is 0 Å². The second-order valence-electron chi connectivity index (χ2n) is 5.29. The van der Waals surface area contributed by atoms with E-state index in [4.69, 9.17) is 0 Å². The molecular weight excluding hydrogens is 196 g/mol. The maximum absolute atomic E-state index is 9.94. The Morgan fingerprint density at radius 3 is 2.88 bits per heavy atom. The maximum Gasteiger partial charge on any atom is 0.0617 e. The molecule has 1 atom stereocenters. The van der Waals surface area contributed by atoms with Crippen LogP contribution in [0.5, 0.6) is 0 Å². The van der Waals surface area contributed by atoms with Crippen LogP contribution in [-0.2, 0) is 0 Å². The summed E-state index contributed by atoms with van der Waals surface area (Å²) in [4.78, 5) is 0. The number of allylic oxidation sites excluding steroid dienone is 4. The summed E-state index contributed by atoms with van der Waals surface area (Å²) in [5, 5.41) is 9.94. The molecule has 0 aromatic heterocycles. The summed E-state index contributed by atoms with van der Waals surface area (Å²) in [6.45, 7) is 6.22. The Morgan fingerprint density at radius 1 is 1.44 bits per heavy atom. The van der Waals surface area contributed by atoms with Gasteiger partial charge in [0.2, 0.25) is 0 Å². The number of aliphatic hydroxyl groups is 1. The summed E-state index contributed by atoms with van der Waals surface area (Å²) in [6.07, 6.45) is 12.3. The Bertz CT molecular complexity index is 271. The second-order valence-corrected chi connectivity index (χ2v) is 5.29. The molecule has 1 unspecified atom stereocenters. The number of hydrogen-bond donors (Lipinski definition) is 1. The molecule has 0 bridgehead atoms. The highest BCUT2D eigenvalue weighted by atomic mass is 16.3. The van der Waals surface area contributed by atoms with Crippen LogP contribution in [0, 0.1) is 0 Å². The van der Waals surface area contributed by atoms with Gasteiger partial charge in [0, 0.05) is 0 Å². The van der Waals surface area contributed by atoms with Gasteiger partial charge in [-0.3, -0.25) is 0 Å². The molecule has 1 rings (SSSR count). The lowest BCUT2D eigenvalue weighted by atomic mass is 9.92. The van der Waals surface area contributed by atoms with Crippen LogP contribution in [0.3, 0.4) is 0 Å². The third-order valence-corrected chi connectivity index (χ3v) is 3.73. The van der Waals surface area contributed by atoms with Gasteiger partial charge in [-0.25, -0.2) is 0 Å². The van der Waals surface area contributed by atoms with Gasteiger partial charge in [-0.1, -0.05) is 30.2 Å². The molecule has 0 heterocycles. The van der Waals surface area contributed by atoms with Gasteiger partial charge in [0.05, 0.1) is 5.60 Å². The largest absolute Gasteiger partial charge is 0.390 e. The van der Waals surface area contributed by atoms with Gasteiger partial charge in [0.25, 0.3) is 0 Å². The Morgan fingerprint density at radius 2 is 2.19 bits per heavy atom. The lowest BCUT2D eigenvalue weighted by Crippen LogP contribution is -2.22. The average Bonchev–Trinajstić information content (AvgIpc) is 2.44. The second kappa shape index (κ2) is 6.24. The molecule has 1 aliphatic carbocycles. The molecule has 0 saturated heterocycles. The fraction of sp³-hybridized carbons (Fsp3) is 0.733. The van der Waals surface area contributed by atoms with Gasteiger partial charge in [-0.2, -0.15) is 0 Å². The zero-order chi connectivity index (χ0) is 12.0. The Balaban J connectivity index is 2.40. The van der Waals surface area contributed by atoms with Crippen molar-refractivity contribution in [1.82, 2.24) is 0 Å². The van der Waals surface area contributed by atoms with E-state index in [1.54, 1.807) is 5.57 Å². The van der Waals surface area contributed by atoms with Crippen LogP contribution < -0.4 is 0 Å². The first-order chi connectivity index (χ1) is 7.55. The van der Waals surface area contributed by atoms with E-state index in [0.717, 1.165) is 25.7 Å². The highest BCUT2D eigenvalue weighted by Gasteiger charge is 2.17. The van der Waals surface area contributed by atoms with Crippen molar-refractivity contribution in [3.05, 3.63) is 23.3 Å². The summed E-state index contributed by atoms with van der Waals surface area (Å²) in [5.74, 6) is 0. The van der Waals surface area contributed by atoms with Crippen LogP contribution in [0.15, 0.2) is 23.3 Å². The minimum Gasteiger partial charge on any atom is -0.390 e. The minimum atomic E-state index is -0.463. The minimum absolute atomic E-state index is 0.463. The molecule has 0 fully saturated rings. The van der Waals surface area contributed by atoms with Crippen molar-refractivity contribution < 1.29 is 5.11 Å². The highest BCUT2D eigenvalue weighted by molar-refractivity contribution is 5.25. The predicted molar refractivity (Wildman–Crippen MR) is 70.5 cm³/mol. The Hall–Kier alpha value is -0.560. The van der Waals surface area contributed by atoms with E-state index in [1.807, 2.05) is 6.92 Å². The van der Waals surface area contributed by atoms with Gasteiger partial charge in [-0.05, 0) is 58.8 Å². The molecule has 0 amide bonds. The van der Waals surface area contributed by atoms with E-state index in [0.29, 0.717) is 0 Å². The predicted octanol–water partition coefficient (Wildman–Crippen LogP) is 4.37. The summed E-state index contributed by atoms with van der Waals surface area (Å²) in [5.41, 5.74) is 2.59. The number of hydrogen-bond acceptors (Lipinski definition) is 1. The molecule has 0 radical (unpaired) electrons. The fourth-order valence-corrected chi connectivity index (χ4v) is 2.19. The molecule has 1 aliphatic rings. The molecule has 0 aliphatic heterocycles. The van der Waals surface area contributed by atoms with Crippen LogP contribution in [0.1, 0.15) is 65.7 Å². The monoisotopic (exact) mass is 222 g/mol. The average molecular weight is 222 g/mol. The third-order valence-electron chi connectivity index (χ3n) is 3.73. The van der Waals surface area contributed by atoms with Crippen LogP contribution in [0.2, 0.25) is 0 Å². The van der Waals surface area contributed by atoms with Crippen molar-refractivity contribution in [2.24, 2.45) is 0 Å². The van der Waals surface area contributed by atoms with Gasteiger partial charge in [0.1, 0.15) is 0 Å². The normalized spacial score (nSPS) is 20.8. The standard InChI is InChI=1S/C15H26O/c1-4-15(3,16)12-8-11-14-10-7-5-6-9-13(14)2/h6,9,16H,4-5,7-8,10-12H2,1-3H3. The first-order valence-electron chi connectivity index (χ1n) is 6.63. The molecule has 0 aromatic rings. The van der Waals surface area contributed by atoms with E-state index >= 15 is 0 Å². The third kappa shape index (κ3) is 4.52. The zero-order valence-electron chi connectivity index (χ0n) is 11.1. The molecule has 1 N–H and O–H groups in total. The first-order valence-corrected chi connectivity index (χ1v) is 6.63. The van der Waals surface area contributed by atoms with Crippen LogP contribution >= 0.6 is 0 Å². The van der Waals surface area contributed by atoms with Crippen LogP contribution in [-0.4, -0.2) is 10.7 Å². The van der Waals surface area contributed by atoms with Crippen molar-refractivity contribution in [1.29, 1.82) is 0 Å². The molecule has 92 valence electrons. The van der Waals surface area contributed by atoms with Crippen molar-refractivity contribution in [2.45, 2.75) is 71.3 Å². The van der Waals surface area contributed by atoms with E-state index in [1.165, 1.54) is 24.8 Å². The molecule has 0 spiro atoms. The van der Waals surface area contributed by atoms with Gasteiger partial charge in [0.15, 0.2) is 0 Å². The van der Waals surface area contributed by atoms with Crippen molar-refractivity contribution in [3.8, 4) is 0 Å². The van der Waals surface area contributed by atoms with Crippen molar-refractivity contribution in [2.75, 3.05) is 0 Å². The zero-order valence-corrected chi connectivity index (χ0v) is 11.1. The van der Waals surface area contributed by atoms with E-state index in [2.05, 4.69) is 26.0 Å². The summed E-state index contributed by atoms with van der Waals surface area (Å²) < 4.78 is 0. The molecule has 0 aromatic carbocycles. The summed E-state index contributed by atoms with van der Waals surface area (Å²) in [7, 11) is 0. The molecule has 1 nitrogen and oxygen atoms in total. The quantitative estimate of drug-likeness (QED) is 0.732. The smallest absolute Gasteiger partial charge is 0.0617 e. The number of rotatable bonds is 5. The molecule has 1 heteroatoms. The first kappa shape index (κ1) is 13.5. The van der Waals surface area contributed by atoms with Crippen molar-refractivity contribution in [3.63, 3.8) is 0 Å². The highest BCUT2D eigenvalue weighted by Crippen LogP contribution is 2.25. The van der Waals surface area contributed by atoms with Crippen molar-refractivity contribution >= 4 is 0 Å². The summed E-state index contributed by atoms with van der Waals surface area (Å²) >= 11 is 0. The lowest BCUT2D eigenvalue weighted by molar-refractivity contribution is 0.0450. The van der Waals surface area contributed by atoms with Gasteiger partial charge in [-0.15, -0.1) is 0 Å². The molecular formula is C15H26O. The van der Waals surface area contributed by atoms with Gasteiger partial charge < -0.3 is 5.11 Å². The Kier molecular flexibility index (Phi) is 5.27. The lowest BCUT2D eigenvalue weighted by Gasteiger charge is -2.21. The summed E-state index contributed by atoms with van der Waals surface area (Å²) in [6, 6.07) is 0. The van der Waals surface area contributed by atoms with Crippen LogP contribution in [0.4, 0.5) is 0 Å². The topological polar surface area (TPSA) is 20.2 Å². The van der Waals surface area contributed by atoms with Crippen LogP contribution in [0.25, 0.3) is 0 Å². The van der Waals surface area contributed by atoms with E-state index in [9.17, 15) is 5.11 Å². The SMILES string of the molecule is CCC(C)(O)CCCC1=C(C)C=CCCC1. The molecule has 16 heavy (non-hydrogen) atoms. The van der Waals surface area contributed by atoms with E-state index in [-0.39, 0.29) is 0 Å². The molecule has 0 saturated carbocycles. The maximum atomic E-state index is 9.94. The van der Waals surface area contributed by atoms with E-state index < -0.39 is 5.60 Å². The fourth-order valence-electron chi connectivity index (χ4n) is 2.19.